The number of benzene rings is 2. The first-order chi connectivity index (χ1) is 12.9. The topological polar surface area (TPSA) is 99.7 Å². The summed E-state index contributed by atoms with van der Waals surface area (Å²) in [7, 11) is 1.30. The third-order valence-electron chi connectivity index (χ3n) is 4.16. The molecule has 0 saturated heterocycles. The van der Waals surface area contributed by atoms with Crippen molar-refractivity contribution in [2.24, 2.45) is 0 Å². The molecule has 142 valence electrons. The number of esters is 1. The van der Waals surface area contributed by atoms with Crippen molar-refractivity contribution in [2.45, 2.75) is 18.5 Å². The van der Waals surface area contributed by atoms with Gasteiger partial charge in [-0.2, -0.15) is 0 Å². The van der Waals surface area contributed by atoms with Gasteiger partial charge in [-0.15, -0.1) is 0 Å². The van der Waals surface area contributed by atoms with E-state index in [1.165, 1.54) is 19.2 Å². The number of ether oxygens (including phenoxy) is 1. The van der Waals surface area contributed by atoms with E-state index in [9.17, 15) is 14.7 Å². The molecule has 1 aliphatic rings. The minimum atomic E-state index is -0.656. The zero-order valence-corrected chi connectivity index (χ0v) is 15.8. The number of urea groups is 1. The molecule has 0 bridgehead atoms. The molecule has 7 nitrogen and oxygen atoms in total. The molecule has 0 radical (unpaired) electrons. The first-order valence-electron chi connectivity index (χ1n) is 8.07. The minimum absolute atomic E-state index is 0.0952. The summed E-state index contributed by atoms with van der Waals surface area (Å²) in [4.78, 5) is 24.4. The quantitative estimate of drug-likeness (QED) is 0.454. The monoisotopic (exact) mass is 409 g/mol. The molecule has 2 aromatic carbocycles. The predicted molar refractivity (Wildman–Crippen MR) is 104 cm³/mol. The highest BCUT2D eigenvalue weighted by Crippen LogP contribution is 2.40. The van der Waals surface area contributed by atoms with E-state index in [2.05, 4.69) is 16.0 Å². The van der Waals surface area contributed by atoms with Gasteiger partial charge in [-0.05, 0) is 36.4 Å². The molecular formula is C18H17Cl2N3O4. The fourth-order valence-electron chi connectivity index (χ4n) is 2.96. The molecule has 2 aromatic rings. The molecule has 2 atom stereocenters. The van der Waals surface area contributed by atoms with Gasteiger partial charge >= 0.3 is 12.0 Å². The number of anilines is 2. The second-order valence-corrected chi connectivity index (χ2v) is 6.85. The van der Waals surface area contributed by atoms with E-state index in [-0.39, 0.29) is 12.2 Å². The number of amides is 2. The number of phenols is 1. The lowest BCUT2D eigenvalue weighted by atomic mass is 9.92. The second-order valence-electron chi connectivity index (χ2n) is 6.00. The molecule has 2 amide bonds. The van der Waals surface area contributed by atoms with Crippen LogP contribution in [0.1, 0.15) is 18.0 Å². The van der Waals surface area contributed by atoms with Crippen molar-refractivity contribution < 1.29 is 19.4 Å². The SMILES string of the molecule is COC(=O)[C@H]1CC(NC(=O)Nc2ccc(O)cc2)c2c(Cl)cc(Cl)cc2N1. The van der Waals surface area contributed by atoms with Gasteiger partial charge in [0.25, 0.3) is 0 Å². The van der Waals surface area contributed by atoms with E-state index in [1.807, 2.05) is 0 Å². The number of phenolic OH excluding ortho intramolecular Hbond substituents is 1. The average Bonchev–Trinajstić information content (AvgIpc) is 2.62. The van der Waals surface area contributed by atoms with Gasteiger partial charge in [0.05, 0.1) is 13.2 Å². The van der Waals surface area contributed by atoms with E-state index in [4.69, 9.17) is 27.9 Å². The van der Waals surface area contributed by atoms with Crippen LogP contribution < -0.4 is 16.0 Å². The number of hydrogen-bond acceptors (Lipinski definition) is 5. The molecule has 4 N–H and O–H groups in total. The standard InChI is InChI=1S/C18H17Cl2N3O4/c1-27-17(25)15-8-14(16-12(20)6-9(19)7-13(16)22-15)23-18(26)21-10-2-4-11(24)5-3-10/h2-7,14-15,22,24H,8H2,1H3,(H2,21,23,26)/t14?,15-/m1/s1. The highest BCUT2D eigenvalue weighted by Gasteiger charge is 2.34. The van der Waals surface area contributed by atoms with Crippen molar-refractivity contribution in [3.8, 4) is 5.75 Å². The Morgan fingerprint density at radius 2 is 1.93 bits per heavy atom. The molecule has 3 rings (SSSR count). The molecule has 1 aliphatic heterocycles. The molecule has 0 spiro atoms. The average molecular weight is 410 g/mol. The summed E-state index contributed by atoms with van der Waals surface area (Å²) in [6.07, 6.45) is 0.254. The van der Waals surface area contributed by atoms with Crippen molar-refractivity contribution in [3.05, 3.63) is 52.0 Å². The predicted octanol–water partition coefficient (Wildman–Crippen LogP) is 3.92. The summed E-state index contributed by atoms with van der Waals surface area (Å²) in [5.74, 6) is -0.361. The Bertz CT molecular complexity index is 874. The number of fused-ring (bicyclic) bond motifs is 1. The zero-order valence-electron chi connectivity index (χ0n) is 14.3. The van der Waals surface area contributed by atoms with Crippen molar-refractivity contribution in [1.82, 2.24) is 5.32 Å². The number of methoxy groups -OCH3 is 1. The molecule has 27 heavy (non-hydrogen) atoms. The molecule has 1 heterocycles. The van der Waals surface area contributed by atoms with Gasteiger partial charge in [-0.1, -0.05) is 23.2 Å². The maximum absolute atomic E-state index is 12.4. The van der Waals surface area contributed by atoms with E-state index in [0.717, 1.165) is 0 Å². The molecule has 0 aromatic heterocycles. The normalized spacial score (nSPS) is 18.0. The lowest BCUT2D eigenvalue weighted by Gasteiger charge is -2.33. The Balaban J connectivity index is 1.83. The van der Waals surface area contributed by atoms with Gasteiger partial charge in [0.1, 0.15) is 11.8 Å². The number of nitrogens with one attached hydrogen (secondary N) is 3. The number of aromatic hydroxyl groups is 1. The third kappa shape index (κ3) is 4.37. The van der Waals surface area contributed by atoms with Gasteiger partial charge in [-0.3, -0.25) is 0 Å². The van der Waals surface area contributed by atoms with Crippen molar-refractivity contribution >= 4 is 46.6 Å². The fourth-order valence-corrected chi connectivity index (χ4v) is 3.58. The largest absolute Gasteiger partial charge is 0.508 e. The molecule has 9 heteroatoms. The number of hydrogen-bond donors (Lipinski definition) is 4. The van der Waals surface area contributed by atoms with Gasteiger partial charge in [0.2, 0.25) is 0 Å². The maximum atomic E-state index is 12.4. The van der Waals surface area contributed by atoms with Crippen LogP contribution >= 0.6 is 23.2 Å². The van der Waals surface area contributed by atoms with E-state index in [1.54, 1.807) is 24.3 Å². The Kier molecular flexibility index (Phi) is 5.62. The lowest BCUT2D eigenvalue weighted by Crippen LogP contribution is -2.42. The smallest absolute Gasteiger partial charge is 0.328 e. The van der Waals surface area contributed by atoms with Gasteiger partial charge in [0, 0.05) is 33.4 Å². The molecule has 0 saturated carbocycles. The Morgan fingerprint density at radius 3 is 2.59 bits per heavy atom. The van der Waals surface area contributed by atoms with Gasteiger partial charge < -0.3 is 25.8 Å². The van der Waals surface area contributed by atoms with Crippen LogP contribution in [0.15, 0.2) is 36.4 Å². The number of carbonyl (C=O) groups is 2. The summed E-state index contributed by atoms with van der Waals surface area (Å²) in [6, 6.07) is 7.60. The molecule has 0 fully saturated rings. The summed E-state index contributed by atoms with van der Waals surface area (Å²) in [5, 5.41) is 18.6. The van der Waals surface area contributed by atoms with Crippen LogP contribution in [-0.2, 0) is 9.53 Å². The van der Waals surface area contributed by atoms with Crippen LogP contribution in [0.2, 0.25) is 10.0 Å². The second kappa shape index (κ2) is 7.94. The molecule has 0 aliphatic carbocycles. The maximum Gasteiger partial charge on any atom is 0.328 e. The van der Waals surface area contributed by atoms with Crippen LogP contribution in [0.4, 0.5) is 16.2 Å². The zero-order chi connectivity index (χ0) is 19.6. The Hall–Kier alpha value is -2.64. The molecule has 1 unspecified atom stereocenters. The first kappa shape index (κ1) is 19.1. The summed E-state index contributed by atoms with van der Waals surface area (Å²) in [5.41, 5.74) is 1.71. The van der Waals surface area contributed by atoms with Crippen LogP contribution in [-0.4, -0.2) is 30.3 Å². The van der Waals surface area contributed by atoms with Crippen LogP contribution in [0.25, 0.3) is 0 Å². The van der Waals surface area contributed by atoms with Crippen molar-refractivity contribution in [2.75, 3.05) is 17.7 Å². The number of halogens is 2. The molecular weight excluding hydrogens is 393 g/mol. The van der Waals surface area contributed by atoms with Crippen molar-refractivity contribution in [3.63, 3.8) is 0 Å². The van der Waals surface area contributed by atoms with E-state index < -0.39 is 24.1 Å². The minimum Gasteiger partial charge on any atom is -0.508 e. The summed E-state index contributed by atoms with van der Waals surface area (Å²) < 4.78 is 4.81. The highest BCUT2D eigenvalue weighted by atomic mass is 35.5. The first-order valence-corrected chi connectivity index (χ1v) is 8.83. The third-order valence-corrected chi connectivity index (χ3v) is 4.69. The summed E-state index contributed by atoms with van der Waals surface area (Å²) in [6.45, 7) is 0. The van der Waals surface area contributed by atoms with Crippen LogP contribution in [0.5, 0.6) is 5.75 Å². The lowest BCUT2D eigenvalue weighted by molar-refractivity contribution is -0.141. The van der Waals surface area contributed by atoms with E-state index >= 15 is 0 Å². The Labute approximate surface area is 165 Å². The Morgan fingerprint density at radius 1 is 1.22 bits per heavy atom. The van der Waals surface area contributed by atoms with Crippen molar-refractivity contribution in [1.29, 1.82) is 0 Å². The van der Waals surface area contributed by atoms with Gasteiger partial charge in [-0.25, -0.2) is 9.59 Å². The fraction of sp³-hybridized carbons (Fsp3) is 0.222. The van der Waals surface area contributed by atoms with E-state index in [0.29, 0.717) is 27.0 Å². The summed E-state index contributed by atoms with van der Waals surface area (Å²) >= 11 is 12.4. The van der Waals surface area contributed by atoms with Crippen LogP contribution in [0, 0.1) is 0 Å². The van der Waals surface area contributed by atoms with Crippen LogP contribution in [0.3, 0.4) is 0 Å². The highest BCUT2D eigenvalue weighted by molar-refractivity contribution is 6.35. The number of carbonyl (C=O) groups excluding carboxylic acids is 2. The number of rotatable bonds is 3. The van der Waals surface area contributed by atoms with Gasteiger partial charge in [0.15, 0.2) is 0 Å².